The zero-order valence-electron chi connectivity index (χ0n) is 13.7. The molecule has 0 aliphatic carbocycles. The fourth-order valence-corrected chi connectivity index (χ4v) is 3.02. The van der Waals surface area contributed by atoms with Crippen LogP contribution in [0.2, 0.25) is 0 Å². The average Bonchev–Trinajstić information content (AvgIpc) is 2.59. The normalized spacial score (nSPS) is 11.3. The van der Waals surface area contributed by atoms with Crippen molar-refractivity contribution in [3.8, 4) is 0 Å². The molecular weight excluding hydrogens is 276 g/mol. The molecule has 0 heteroatoms. The van der Waals surface area contributed by atoms with E-state index in [1.54, 1.807) is 0 Å². The molecule has 0 saturated heterocycles. The molecule has 3 aromatic carbocycles. The zero-order valence-corrected chi connectivity index (χ0v) is 13.7. The van der Waals surface area contributed by atoms with Gasteiger partial charge in [-0.3, -0.25) is 0 Å². The number of hydrogen-bond donors (Lipinski definition) is 0. The van der Waals surface area contributed by atoms with Gasteiger partial charge in [0.25, 0.3) is 0 Å². The van der Waals surface area contributed by atoms with Gasteiger partial charge in [-0.15, -0.1) is 0 Å². The third kappa shape index (κ3) is 3.60. The summed E-state index contributed by atoms with van der Waals surface area (Å²) in [6.45, 7) is 4.38. The molecule has 0 aromatic heterocycles. The molecule has 0 atom stereocenters. The summed E-state index contributed by atoms with van der Waals surface area (Å²) in [7, 11) is 0. The molecule has 0 radical (unpaired) electrons. The van der Waals surface area contributed by atoms with Crippen molar-refractivity contribution < 1.29 is 0 Å². The monoisotopic (exact) mass is 298 g/mol. The minimum Gasteiger partial charge on any atom is -0.0720 e. The van der Waals surface area contributed by atoms with Crippen LogP contribution in [-0.4, -0.2) is 0 Å². The molecule has 0 amide bonds. The van der Waals surface area contributed by atoms with E-state index < -0.39 is 0 Å². The molecule has 0 unspecified atom stereocenters. The average molecular weight is 298 g/mol. The summed E-state index contributed by atoms with van der Waals surface area (Å²) in [5, 5.41) is 0. The Labute approximate surface area is 139 Å². The quantitative estimate of drug-likeness (QED) is 0.542. The van der Waals surface area contributed by atoms with E-state index >= 15 is 0 Å². The Kier molecular flexibility index (Phi) is 4.73. The lowest BCUT2D eigenvalue weighted by Crippen LogP contribution is -2.02. The maximum Gasteiger partial charge on any atom is 0.0278 e. The van der Waals surface area contributed by atoms with Crippen LogP contribution in [0, 0.1) is 13.8 Å². The molecule has 0 fully saturated rings. The summed E-state index contributed by atoms with van der Waals surface area (Å²) in [5.74, 6) is 0.276. The zero-order chi connectivity index (χ0) is 16.1. The molecule has 0 spiro atoms. The van der Waals surface area contributed by atoms with Crippen molar-refractivity contribution in [1.29, 1.82) is 0 Å². The minimum absolute atomic E-state index is 0.276. The van der Waals surface area contributed by atoms with Gasteiger partial charge < -0.3 is 0 Å². The SMILES string of the molecule is Cc1ccccc1C(C=Cc1ccccc1)c1ccccc1C. The van der Waals surface area contributed by atoms with Gasteiger partial charge in [-0.05, 0) is 41.7 Å². The molecule has 23 heavy (non-hydrogen) atoms. The van der Waals surface area contributed by atoms with Crippen molar-refractivity contribution in [3.63, 3.8) is 0 Å². The number of rotatable bonds is 4. The second kappa shape index (κ2) is 7.11. The van der Waals surface area contributed by atoms with Gasteiger partial charge >= 0.3 is 0 Å². The largest absolute Gasteiger partial charge is 0.0720 e. The third-order valence-electron chi connectivity index (χ3n) is 4.33. The van der Waals surface area contributed by atoms with E-state index in [1.807, 2.05) is 0 Å². The van der Waals surface area contributed by atoms with Crippen LogP contribution >= 0.6 is 0 Å². The van der Waals surface area contributed by atoms with E-state index in [4.69, 9.17) is 0 Å². The van der Waals surface area contributed by atoms with Gasteiger partial charge in [0, 0.05) is 5.92 Å². The van der Waals surface area contributed by atoms with Gasteiger partial charge in [0.05, 0.1) is 0 Å². The van der Waals surface area contributed by atoms with Crippen molar-refractivity contribution in [3.05, 3.63) is 113 Å². The second-order valence-corrected chi connectivity index (χ2v) is 5.96. The molecule has 0 heterocycles. The van der Waals surface area contributed by atoms with Gasteiger partial charge in [-0.25, -0.2) is 0 Å². The third-order valence-corrected chi connectivity index (χ3v) is 4.33. The van der Waals surface area contributed by atoms with Gasteiger partial charge in [0.15, 0.2) is 0 Å². The summed E-state index contributed by atoms with van der Waals surface area (Å²) in [5.41, 5.74) is 6.64. The van der Waals surface area contributed by atoms with Crippen molar-refractivity contribution in [2.24, 2.45) is 0 Å². The first-order valence-electron chi connectivity index (χ1n) is 8.10. The molecule has 0 nitrogen and oxygen atoms in total. The van der Waals surface area contributed by atoms with E-state index in [0.29, 0.717) is 0 Å². The highest BCUT2D eigenvalue weighted by molar-refractivity contribution is 5.54. The van der Waals surface area contributed by atoms with E-state index in [2.05, 4.69) is 105 Å². The summed E-state index contributed by atoms with van der Waals surface area (Å²) >= 11 is 0. The first-order valence-corrected chi connectivity index (χ1v) is 8.10. The molecule has 0 N–H and O–H groups in total. The Morgan fingerprint density at radius 3 is 1.61 bits per heavy atom. The molecule has 3 aromatic rings. The Morgan fingerprint density at radius 2 is 1.09 bits per heavy atom. The molecule has 114 valence electrons. The van der Waals surface area contributed by atoms with Crippen LogP contribution in [-0.2, 0) is 0 Å². The molecule has 0 aliphatic rings. The molecule has 0 aliphatic heterocycles. The van der Waals surface area contributed by atoms with Crippen molar-refractivity contribution in [1.82, 2.24) is 0 Å². The Hall–Kier alpha value is -2.60. The minimum atomic E-state index is 0.276. The molecular formula is C23H22. The highest BCUT2D eigenvalue weighted by atomic mass is 14.2. The molecule has 3 rings (SSSR count). The summed E-state index contributed by atoms with van der Waals surface area (Å²) in [4.78, 5) is 0. The Bertz CT molecular complexity index is 752. The highest BCUT2D eigenvalue weighted by Crippen LogP contribution is 2.31. The topological polar surface area (TPSA) is 0 Å². The van der Waals surface area contributed by atoms with Crippen molar-refractivity contribution >= 4 is 6.08 Å². The number of aryl methyl sites for hydroxylation is 2. The first kappa shape index (κ1) is 15.3. The van der Waals surface area contributed by atoms with Crippen LogP contribution in [0.1, 0.15) is 33.7 Å². The van der Waals surface area contributed by atoms with Crippen molar-refractivity contribution in [2.75, 3.05) is 0 Å². The van der Waals surface area contributed by atoms with E-state index in [1.165, 1.54) is 27.8 Å². The van der Waals surface area contributed by atoms with E-state index in [9.17, 15) is 0 Å². The Morgan fingerprint density at radius 1 is 0.609 bits per heavy atom. The maximum absolute atomic E-state index is 2.32. The first-order chi connectivity index (χ1) is 11.3. The smallest absolute Gasteiger partial charge is 0.0278 e. The highest BCUT2D eigenvalue weighted by Gasteiger charge is 2.14. The van der Waals surface area contributed by atoms with Crippen LogP contribution in [0.5, 0.6) is 0 Å². The fourth-order valence-electron chi connectivity index (χ4n) is 3.02. The number of hydrogen-bond acceptors (Lipinski definition) is 0. The van der Waals surface area contributed by atoms with Crippen molar-refractivity contribution in [2.45, 2.75) is 19.8 Å². The predicted octanol–water partition coefficient (Wildman–Crippen LogP) is 6.15. The number of allylic oxidation sites excluding steroid dienone is 1. The van der Waals surface area contributed by atoms with E-state index in [0.717, 1.165) is 0 Å². The van der Waals surface area contributed by atoms with Crippen LogP contribution < -0.4 is 0 Å². The second-order valence-electron chi connectivity index (χ2n) is 5.96. The lowest BCUT2D eigenvalue weighted by atomic mass is 9.85. The lowest BCUT2D eigenvalue weighted by molar-refractivity contribution is 0.995. The standard InChI is InChI=1S/C23H22/c1-18-10-6-8-14-21(18)23(22-15-9-7-11-19(22)2)17-16-20-12-4-3-5-13-20/h3-17,23H,1-2H3. The Balaban J connectivity index is 2.06. The molecule has 0 saturated carbocycles. The van der Waals surface area contributed by atoms with Gasteiger partial charge in [-0.1, -0.05) is 91.0 Å². The maximum atomic E-state index is 2.32. The summed E-state index contributed by atoms with van der Waals surface area (Å²) in [6, 6.07) is 27.8. The summed E-state index contributed by atoms with van der Waals surface area (Å²) < 4.78 is 0. The van der Waals surface area contributed by atoms with E-state index in [-0.39, 0.29) is 5.92 Å². The molecule has 0 bridgehead atoms. The van der Waals surface area contributed by atoms with Gasteiger partial charge in [0.1, 0.15) is 0 Å². The fraction of sp³-hybridized carbons (Fsp3) is 0.130. The van der Waals surface area contributed by atoms with Gasteiger partial charge in [0.2, 0.25) is 0 Å². The predicted molar refractivity (Wildman–Crippen MR) is 99.7 cm³/mol. The van der Waals surface area contributed by atoms with Crippen LogP contribution in [0.4, 0.5) is 0 Å². The van der Waals surface area contributed by atoms with Gasteiger partial charge in [-0.2, -0.15) is 0 Å². The van der Waals surface area contributed by atoms with Crippen LogP contribution in [0.15, 0.2) is 84.9 Å². The lowest BCUT2D eigenvalue weighted by Gasteiger charge is -2.18. The number of benzene rings is 3. The van der Waals surface area contributed by atoms with Crippen LogP contribution in [0.25, 0.3) is 6.08 Å². The summed E-state index contributed by atoms with van der Waals surface area (Å²) in [6.07, 6.45) is 4.55. The van der Waals surface area contributed by atoms with Crippen LogP contribution in [0.3, 0.4) is 0 Å².